The van der Waals surface area contributed by atoms with Gasteiger partial charge in [0.1, 0.15) is 25.4 Å². The minimum atomic E-state index is -1.22. The zero-order valence-electron chi connectivity index (χ0n) is 13.3. The fourth-order valence-corrected chi connectivity index (χ4v) is 1.01. The monoisotopic (exact) mass is 340 g/mol. The third-order valence-electron chi connectivity index (χ3n) is 2.10. The van der Waals surface area contributed by atoms with Gasteiger partial charge in [0.15, 0.2) is 6.10 Å². The molecule has 0 saturated heterocycles. The summed E-state index contributed by atoms with van der Waals surface area (Å²) >= 11 is 0. The van der Waals surface area contributed by atoms with Crippen molar-refractivity contribution in [1.82, 2.24) is 0 Å². The molecule has 0 radical (unpaired) electrons. The van der Waals surface area contributed by atoms with E-state index in [9.17, 15) is 14.4 Å². The Balaban J connectivity index is 0. The Morgan fingerprint density at radius 3 is 1.35 bits per heavy atom. The Labute approximate surface area is 133 Å². The Morgan fingerprint density at radius 1 is 0.783 bits per heavy atom. The lowest BCUT2D eigenvalue weighted by atomic mass is 10.2. The zero-order chi connectivity index (χ0) is 18.4. The molecule has 4 N–H and O–H groups in total. The van der Waals surface area contributed by atoms with Gasteiger partial charge in [-0.25, -0.2) is 0 Å². The van der Waals surface area contributed by atoms with E-state index >= 15 is 0 Å². The molecule has 0 aromatic carbocycles. The van der Waals surface area contributed by atoms with E-state index in [-0.39, 0.29) is 13.2 Å². The van der Waals surface area contributed by atoms with Crippen LogP contribution in [0.25, 0.3) is 0 Å². The van der Waals surface area contributed by atoms with Gasteiger partial charge in [-0.15, -0.1) is 0 Å². The summed E-state index contributed by atoms with van der Waals surface area (Å²) in [4.78, 5) is 31.6. The average molecular weight is 340 g/mol. The molecule has 10 heteroatoms. The van der Waals surface area contributed by atoms with Crippen molar-refractivity contribution in [2.24, 2.45) is 0 Å². The predicted octanol–water partition coefficient (Wildman–Crippen LogP) is -2.26. The lowest BCUT2D eigenvalue weighted by Crippen LogP contribution is -2.31. The third kappa shape index (κ3) is 16.4. The highest BCUT2D eigenvalue weighted by Crippen LogP contribution is 1.97. The van der Waals surface area contributed by atoms with Crippen molar-refractivity contribution in [3.05, 3.63) is 0 Å². The summed E-state index contributed by atoms with van der Waals surface area (Å²) in [5.41, 5.74) is 0. The van der Waals surface area contributed by atoms with E-state index in [1.165, 1.54) is 20.8 Å². The molecule has 10 nitrogen and oxygen atoms in total. The molecule has 2 unspecified atom stereocenters. The second-order valence-corrected chi connectivity index (χ2v) is 4.34. The first-order valence-corrected chi connectivity index (χ1v) is 6.65. The van der Waals surface area contributed by atoms with Gasteiger partial charge in [-0.3, -0.25) is 14.4 Å². The van der Waals surface area contributed by atoms with Gasteiger partial charge in [0.05, 0.1) is 13.2 Å². The van der Waals surface area contributed by atoms with Crippen LogP contribution in [0.5, 0.6) is 0 Å². The molecule has 136 valence electrons. The van der Waals surface area contributed by atoms with Gasteiger partial charge >= 0.3 is 17.9 Å². The molecule has 0 heterocycles. The Hall–Kier alpha value is -1.75. The number of aliphatic hydroxyl groups is 4. The van der Waals surface area contributed by atoms with Gasteiger partial charge in [-0.05, 0) is 0 Å². The van der Waals surface area contributed by atoms with Gasteiger partial charge in [0.2, 0.25) is 0 Å². The van der Waals surface area contributed by atoms with E-state index in [0.29, 0.717) is 0 Å². The summed E-state index contributed by atoms with van der Waals surface area (Å²) in [6, 6.07) is 0. The van der Waals surface area contributed by atoms with Gasteiger partial charge in [-0.2, -0.15) is 0 Å². The van der Waals surface area contributed by atoms with Gasteiger partial charge in [0.25, 0.3) is 0 Å². The lowest BCUT2D eigenvalue weighted by Gasteiger charge is -2.15. The summed E-state index contributed by atoms with van der Waals surface area (Å²) in [7, 11) is 0. The highest BCUT2D eigenvalue weighted by atomic mass is 16.6. The molecule has 0 rings (SSSR count). The second kappa shape index (κ2) is 13.9. The lowest BCUT2D eigenvalue weighted by molar-refractivity contribution is -0.163. The molecule has 0 saturated carbocycles. The summed E-state index contributed by atoms with van der Waals surface area (Å²) in [5, 5.41) is 33.2. The molecule has 0 aliphatic heterocycles. The summed E-state index contributed by atoms with van der Waals surface area (Å²) < 4.78 is 14.0. The van der Waals surface area contributed by atoms with E-state index in [1.807, 2.05) is 0 Å². The number of hydrogen-bond donors (Lipinski definition) is 4. The summed E-state index contributed by atoms with van der Waals surface area (Å²) in [6.07, 6.45) is -3.20. The van der Waals surface area contributed by atoms with Crippen LogP contribution in [0, 0.1) is 0 Å². The molecule has 0 bridgehead atoms. The number of carbonyl (C=O) groups excluding carboxylic acids is 3. The smallest absolute Gasteiger partial charge is 0.303 e. The number of carbonyl (C=O) groups is 3. The number of aliphatic hydroxyl groups excluding tert-OH is 4. The molecular formula is C13H24O10. The van der Waals surface area contributed by atoms with Gasteiger partial charge in [-0.1, -0.05) is 0 Å². The maximum Gasteiger partial charge on any atom is 0.303 e. The first-order chi connectivity index (χ1) is 10.6. The van der Waals surface area contributed by atoms with Crippen molar-refractivity contribution in [2.75, 3.05) is 26.4 Å². The molecule has 0 aliphatic rings. The molecule has 2 atom stereocenters. The molecule has 0 amide bonds. The molecule has 23 heavy (non-hydrogen) atoms. The van der Waals surface area contributed by atoms with Crippen molar-refractivity contribution in [3.8, 4) is 0 Å². The van der Waals surface area contributed by atoms with Crippen LogP contribution in [0.2, 0.25) is 0 Å². The Kier molecular flexibility index (Phi) is 14.2. The van der Waals surface area contributed by atoms with Crippen LogP contribution in [0.1, 0.15) is 20.8 Å². The fraction of sp³-hybridized carbons (Fsp3) is 0.769. The van der Waals surface area contributed by atoms with E-state index in [2.05, 4.69) is 9.47 Å². The van der Waals surface area contributed by atoms with Crippen LogP contribution in [-0.4, -0.2) is 83.1 Å². The van der Waals surface area contributed by atoms with Crippen LogP contribution < -0.4 is 0 Å². The van der Waals surface area contributed by atoms with Crippen molar-refractivity contribution in [3.63, 3.8) is 0 Å². The van der Waals surface area contributed by atoms with E-state index < -0.39 is 49.4 Å². The summed E-state index contributed by atoms with van der Waals surface area (Å²) in [6.45, 7) is 2.38. The van der Waals surface area contributed by atoms with Crippen molar-refractivity contribution >= 4 is 17.9 Å². The highest BCUT2D eigenvalue weighted by Gasteiger charge is 2.15. The second-order valence-electron chi connectivity index (χ2n) is 4.34. The predicted molar refractivity (Wildman–Crippen MR) is 75.0 cm³/mol. The minimum absolute atomic E-state index is 0.123. The minimum Gasteiger partial charge on any atom is -0.462 e. The van der Waals surface area contributed by atoms with E-state index in [1.54, 1.807) is 0 Å². The number of hydrogen-bond acceptors (Lipinski definition) is 10. The maximum absolute atomic E-state index is 10.6. The number of ether oxygens (including phenoxy) is 3. The van der Waals surface area contributed by atoms with Gasteiger partial charge in [0, 0.05) is 20.8 Å². The van der Waals surface area contributed by atoms with E-state index in [0.717, 1.165) is 0 Å². The van der Waals surface area contributed by atoms with Crippen LogP contribution in [0.3, 0.4) is 0 Å². The third-order valence-corrected chi connectivity index (χ3v) is 2.10. The first-order valence-electron chi connectivity index (χ1n) is 6.65. The quantitative estimate of drug-likeness (QED) is 0.280. The molecule has 0 fully saturated rings. The molecule has 0 aliphatic carbocycles. The summed E-state index contributed by atoms with van der Waals surface area (Å²) in [5.74, 6) is -1.51. The molecular weight excluding hydrogens is 316 g/mol. The average Bonchev–Trinajstić information content (AvgIpc) is 2.48. The first kappa shape index (κ1) is 23.5. The SMILES string of the molecule is CC(=O)OCC(COC(C)=O)OC(C)=O.OCC(O)C(O)CO. The molecule has 0 aromatic rings. The maximum atomic E-state index is 10.6. The number of rotatable bonds is 8. The largest absolute Gasteiger partial charge is 0.462 e. The van der Waals surface area contributed by atoms with Crippen LogP contribution in [0.4, 0.5) is 0 Å². The Morgan fingerprint density at radius 2 is 1.13 bits per heavy atom. The van der Waals surface area contributed by atoms with Crippen molar-refractivity contribution in [2.45, 2.75) is 39.1 Å². The topological polar surface area (TPSA) is 160 Å². The van der Waals surface area contributed by atoms with E-state index in [4.69, 9.17) is 25.2 Å². The normalized spacial score (nSPS) is 12.5. The van der Waals surface area contributed by atoms with Crippen molar-refractivity contribution < 1.29 is 49.0 Å². The number of esters is 3. The standard InChI is InChI=1S/C9H14O6.C4H10O4/c1-6(10)13-4-9(15-8(3)12)5-14-7(2)11;5-1-3(7)4(8)2-6/h9H,4-5H2,1-3H3;3-8H,1-2H2. The molecule has 0 spiro atoms. The van der Waals surface area contributed by atoms with Crippen molar-refractivity contribution in [1.29, 1.82) is 0 Å². The van der Waals surface area contributed by atoms with Crippen LogP contribution in [0.15, 0.2) is 0 Å². The molecule has 0 aromatic heterocycles. The zero-order valence-corrected chi connectivity index (χ0v) is 13.3. The fourth-order valence-electron chi connectivity index (χ4n) is 1.01. The highest BCUT2D eigenvalue weighted by molar-refractivity contribution is 5.67. The van der Waals surface area contributed by atoms with Gasteiger partial charge < -0.3 is 34.6 Å². The Bertz CT molecular complexity index is 331. The van der Waals surface area contributed by atoms with Crippen LogP contribution >= 0.6 is 0 Å². The van der Waals surface area contributed by atoms with Crippen LogP contribution in [-0.2, 0) is 28.6 Å².